The number of aryl methyl sites for hydroxylation is 1. The van der Waals surface area contributed by atoms with Crippen molar-refractivity contribution in [3.05, 3.63) is 47.5 Å². The standard InChI is InChI=1S/C15H16FN3O2/c1-15(21,10-4-6-11(16)7-5-10)14(20)19-8-2-3-12-13(19)9-17-18-12/h4-7,9,21H,2-3,8H2,1H3,(H,17,18). The van der Waals surface area contributed by atoms with Crippen molar-refractivity contribution in [3.8, 4) is 0 Å². The van der Waals surface area contributed by atoms with Crippen LogP contribution < -0.4 is 4.90 Å². The maximum atomic E-state index is 13.0. The van der Waals surface area contributed by atoms with Crippen LogP contribution in [0.3, 0.4) is 0 Å². The topological polar surface area (TPSA) is 69.2 Å². The number of anilines is 1. The molecule has 2 N–H and O–H groups in total. The van der Waals surface area contributed by atoms with Gasteiger partial charge in [-0.25, -0.2) is 4.39 Å². The molecule has 1 aromatic heterocycles. The van der Waals surface area contributed by atoms with Crippen molar-refractivity contribution in [1.82, 2.24) is 10.2 Å². The van der Waals surface area contributed by atoms with E-state index in [-0.39, 0.29) is 0 Å². The second-order valence-electron chi connectivity index (χ2n) is 5.37. The molecule has 0 bridgehead atoms. The summed E-state index contributed by atoms with van der Waals surface area (Å²) in [6.07, 6.45) is 3.23. The van der Waals surface area contributed by atoms with E-state index in [9.17, 15) is 14.3 Å². The minimum atomic E-state index is -1.71. The Morgan fingerprint density at radius 2 is 2.14 bits per heavy atom. The van der Waals surface area contributed by atoms with Gasteiger partial charge in [0.15, 0.2) is 5.60 Å². The molecular weight excluding hydrogens is 273 g/mol. The monoisotopic (exact) mass is 289 g/mol. The number of hydrogen-bond donors (Lipinski definition) is 2. The average molecular weight is 289 g/mol. The highest BCUT2D eigenvalue weighted by atomic mass is 19.1. The first-order valence-electron chi connectivity index (χ1n) is 6.83. The van der Waals surface area contributed by atoms with Crippen LogP contribution in [0.15, 0.2) is 30.5 Å². The largest absolute Gasteiger partial charge is 0.376 e. The Hall–Kier alpha value is -2.21. The summed E-state index contributed by atoms with van der Waals surface area (Å²) in [5.74, 6) is -0.839. The van der Waals surface area contributed by atoms with Crippen molar-refractivity contribution in [2.24, 2.45) is 0 Å². The average Bonchev–Trinajstić information content (AvgIpc) is 2.95. The predicted octanol–water partition coefficient (Wildman–Crippen LogP) is 1.74. The summed E-state index contributed by atoms with van der Waals surface area (Å²) in [5.41, 5.74) is 0.252. The molecule has 2 aromatic rings. The van der Waals surface area contributed by atoms with Crippen molar-refractivity contribution in [3.63, 3.8) is 0 Å². The van der Waals surface area contributed by atoms with Crippen LogP contribution in [0.4, 0.5) is 10.1 Å². The van der Waals surface area contributed by atoms with E-state index >= 15 is 0 Å². The second kappa shape index (κ2) is 4.96. The summed E-state index contributed by atoms with van der Waals surface area (Å²) in [6, 6.07) is 5.31. The number of aromatic nitrogens is 2. The van der Waals surface area contributed by atoms with Gasteiger partial charge in [0, 0.05) is 6.54 Å². The number of H-pyrrole nitrogens is 1. The van der Waals surface area contributed by atoms with E-state index in [0.29, 0.717) is 17.8 Å². The first-order chi connectivity index (χ1) is 10.00. The molecule has 2 heterocycles. The number of amides is 1. The first kappa shape index (κ1) is 13.8. The lowest BCUT2D eigenvalue weighted by Crippen LogP contribution is -2.47. The van der Waals surface area contributed by atoms with Gasteiger partial charge in [-0.05, 0) is 37.5 Å². The molecule has 21 heavy (non-hydrogen) atoms. The molecule has 110 valence electrons. The van der Waals surface area contributed by atoms with Crippen molar-refractivity contribution < 1.29 is 14.3 Å². The lowest BCUT2D eigenvalue weighted by molar-refractivity contribution is -0.136. The number of fused-ring (bicyclic) bond motifs is 1. The van der Waals surface area contributed by atoms with Crippen molar-refractivity contribution in [1.29, 1.82) is 0 Å². The highest BCUT2D eigenvalue weighted by Gasteiger charge is 2.38. The molecule has 1 aliphatic heterocycles. The van der Waals surface area contributed by atoms with Crippen molar-refractivity contribution >= 4 is 11.6 Å². The van der Waals surface area contributed by atoms with Gasteiger partial charge in [-0.3, -0.25) is 9.89 Å². The Labute approximate surface area is 121 Å². The van der Waals surface area contributed by atoms with Crippen LogP contribution in [0.5, 0.6) is 0 Å². The summed E-state index contributed by atoms with van der Waals surface area (Å²) in [5, 5.41) is 17.4. The van der Waals surface area contributed by atoms with Gasteiger partial charge >= 0.3 is 0 Å². The minimum Gasteiger partial charge on any atom is -0.376 e. The van der Waals surface area contributed by atoms with Gasteiger partial charge < -0.3 is 10.0 Å². The number of benzene rings is 1. The van der Waals surface area contributed by atoms with Crippen molar-refractivity contribution in [2.45, 2.75) is 25.4 Å². The van der Waals surface area contributed by atoms with E-state index in [0.717, 1.165) is 18.5 Å². The van der Waals surface area contributed by atoms with Gasteiger partial charge in [0.1, 0.15) is 5.82 Å². The van der Waals surface area contributed by atoms with Gasteiger partial charge in [-0.1, -0.05) is 12.1 Å². The quantitative estimate of drug-likeness (QED) is 0.884. The second-order valence-corrected chi connectivity index (χ2v) is 5.37. The normalized spacial score (nSPS) is 17.2. The van der Waals surface area contributed by atoms with Gasteiger partial charge in [-0.15, -0.1) is 0 Å². The third kappa shape index (κ3) is 2.31. The number of carbonyl (C=O) groups is 1. The van der Waals surface area contributed by atoms with E-state index < -0.39 is 17.3 Å². The van der Waals surface area contributed by atoms with Crippen LogP contribution >= 0.6 is 0 Å². The number of nitrogens with zero attached hydrogens (tertiary/aromatic N) is 2. The van der Waals surface area contributed by atoms with E-state index in [1.165, 1.54) is 36.1 Å². The van der Waals surface area contributed by atoms with Crippen LogP contribution in [0, 0.1) is 5.82 Å². The first-order valence-corrected chi connectivity index (χ1v) is 6.83. The fraction of sp³-hybridized carbons (Fsp3) is 0.333. The molecule has 0 saturated carbocycles. The molecule has 1 unspecified atom stereocenters. The van der Waals surface area contributed by atoms with E-state index in [2.05, 4.69) is 10.2 Å². The van der Waals surface area contributed by atoms with Gasteiger partial charge in [0.05, 0.1) is 17.6 Å². The summed E-state index contributed by atoms with van der Waals surface area (Å²) in [4.78, 5) is 14.2. The molecule has 0 radical (unpaired) electrons. The van der Waals surface area contributed by atoms with Crippen molar-refractivity contribution in [2.75, 3.05) is 11.4 Å². The maximum Gasteiger partial charge on any atom is 0.263 e. The zero-order valence-electron chi connectivity index (χ0n) is 11.6. The fourth-order valence-electron chi connectivity index (χ4n) is 2.63. The highest BCUT2D eigenvalue weighted by Crippen LogP contribution is 2.30. The third-order valence-electron chi connectivity index (χ3n) is 3.86. The molecule has 0 spiro atoms. The van der Waals surface area contributed by atoms with Gasteiger partial charge in [-0.2, -0.15) is 5.10 Å². The molecule has 1 amide bonds. The van der Waals surface area contributed by atoms with Gasteiger partial charge in [0.2, 0.25) is 0 Å². The molecular formula is C15H16FN3O2. The van der Waals surface area contributed by atoms with Crippen LogP contribution in [-0.4, -0.2) is 27.8 Å². The lowest BCUT2D eigenvalue weighted by atomic mass is 9.93. The number of nitrogens with one attached hydrogen (secondary N) is 1. The smallest absolute Gasteiger partial charge is 0.263 e. The fourth-order valence-corrected chi connectivity index (χ4v) is 2.63. The molecule has 6 heteroatoms. The molecule has 1 atom stereocenters. The predicted molar refractivity (Wildman–Crippen MR) is 75.2 cm³/mol. The number of carbonyl (C=O) groups excluding carboxylic acids is 1. The van der Waals surface area contributed by atoms with E-state index in [1.807, 2.05) is 0 Å². The van der Waals surface area contributed by atoms with Gasteiger partial charge in [0.25, 0.3) is 5.91 Å². The molecule has 1 aromatic carbocycles. The molecule has 0 fully saturated rings. The Morgan fingerprint density at radius 3 is 2.86 bits per heavy atom. The molecule has 5 nitrogen and oxygen atoms in total. The van der Waals surface area contributed by atoms with Crippen LogP contribution in [0.2, 0.25) is 0 Å². The summed E-state index contributed by atoms with van der Waals surface area (Å²) in [7, 11) is 0. The minimum absolute atomic E-state index is 0.365. The summed E-state index contributed by atoms with van der Waals surface area (Å²) in [6.45, 7) is 1.96. The number of aromatic amines is 1. The third-order valence-corrected chi connectivity index (χ3v) is 3.86. The number of halogens is 1. The number of rotatable bonds is 2. The number of aliphatic hydroxyl groups is 1. The molecule has 1 aliphatic rings. The molecule has 0 saturated heterocycles. The SMILES string of the molecule is CC(O)(C(=O)N1CCCc2[nH]ncc21)c1ccc(F)cc1. The maximum absolute atomic E-state index is 13.0. The van der Waals surface area contributed by atoms with Crippen LogP contribution in [0.1, 0.15) is 24.6 Å². The zero-order chi connectivity index (χ0) is 15.0. The highest BCUT2D eigenvalue weighted by molar-refractivity contribution is 6.00. The summed E-state index contributed by atoms with van der Waals surface area (Å²) >= 11 is 0. The Morgan fingerprint density at radius 1 is 1.43 bits per heavy atom. The number of hydrogen-bond acceptors (Lipinski definition) is 3. The Bertz CT molecular complexity index is 664. The van der Waals surface area contributed by atoms with E-state index in [4.69, 9.17) is 0 Å². The Balaban J connectivity index is 1.93. The van der Waals surface area contributed by atoms with Crippen LogP contribution in [-0.2, 0) is 16.8 Å². The molecule has 0 aliphatic carbocycles. The molecule has 3 rings (SSSR count). The summed E-state index contributed by atoms with van der Waals surface area (Å²) < 4.78 is 13.0. The lowest BCUT2D eigenvalue weighted by Gasteiger charge is -2.33. The van der Waals surface area contributed by atoms with Crippen LogP contribution in [0.25, 0.3) is 0 Å². The zero-order valence-corrected chi connectivity index (χ0v) is 11.6. The van der Waals surface area contributed by atoms with E-state index in [1.54, 1.807) is 6.20 Å². The Kier molecular flexibility index (Phi) is 3.25.